The van der Waals surface area contributed by atoms with Crippen LogP contribution in [0.25, 0.3) is 0 Å². The lowest BCUT2D eigenvalue weighted by Crippen LogP contribution is -2.39. The molecule has 0 heterocycles. The van der Waals surface area contributed by atoms with Crippen LogP contribution in [0, 0.1) is 11.8 Å². The van der Waals surface area contributed by atoms with Crippen LogP contribution in [0.1, 0.15) is 57.8 Å². The average Bonchev–Trinajstić information content (AvgIpc) is 2.48. The second-order valence-corrected chi connectivity index (χ2v) is 6.04. The van der Waals surface area contributed by atoms with Crippen molar-refractivity contribution < 1.29 is 4.79 Å². The second kappa shape index (κ2) is 7.68. The minimum atomic E-state index is 0.166. The third-order valence-electron chi connectivity index (χ3n) is 4.68. The predicted octanol–water partition coefficient (Wildman–Crippen LogP) is 2.76. The topological polar surface area (TPSA) is 55.1 Å². The molecule has 0 aromatic carbocycles. The fourth-order valence-electron chi connectivity index (χ4n) is 3.44. The Morgan fingerprint density at radius 1 is 1.26 bits per heavy atom. The summed E-state index contributed by atoms with van der Waals surface area (Å²) in [5.74, 6) is 0.813. The maximum absolute atomic E-state index is 12.2. The molecule has 3 N–H and O–H groups in total. The van der Waals surface area contributed by atoms with E-state index in [1.165, 1.54) is 44.1 Å². The molecular weight excluding hydrogens is 236 g/mol. The zero-order valence-electron chi connectivity index (χ0n) is 12.0. The number of carbonyl (C=O) groups is 1. The van der Waals surface area contributed by atoms with Crippen LogP contribution < -0.4 is 11.1 Å². The fourth-order valence-corrected chi connectivity index (χ4v) is 3.44. The molecule has 2 aliphatic rings. The van der Waals surface area contributed by atoms with Gasteiger partial charge in [-0.15, -0.1) is 0 Å². The van der Waals surface area contributed by atoms with Crippen LogP contribution >= 0.6 is 0 Å². The van der Waals surface area contributed by atoms with Crippen molar-refractivity contribution in [3.05, 3.63) is 11.6 Å². The number of nitrogens with one attached hydrogen (secondary N) is 1. The van der Waals surface area contributed by atoms with Gasteiger partial charge in [-0.2, -0.15) is 0 Å². The minimum Gasteiger partial charge on any atom is -0.356 e. The smallest absolute Gasteiger partial charge is 0.223 e. The maximum Gasteiger partial charge on any atom is 0.223 e. The van der Waals surface area contributed by atoms with E-state index in [0.29, 0.717) is 12.5 Å². The van der Waals surface area contributed by atoms with E-state index in [9.17, 15) is 4.79 Å². The van der Waals surface area contributed by atoms with Crippen LogP contribution in [0.3, 0.4) is 0 Å². The highest BCUT2D eigenvalue weighted by molar-refractivity contribution is 5.79. The van der Waals surface area contributed by atoms with Gasteiger partial charge in [0.2, 0.25) is 5.91 Å². The molecule has 0 bridgehead atoms. The SMILES string of the molecule is NCC1CCCCC1C(=O)NCCC1=CCCCC1. The number of amides is 1. The quantitative estimate of drug-likeness (QED) is 0.750. The van der Waals surface area contributed by atoms with E-state index < -0.39 is 0 Å². The van der Waals surface area contributed by atoms with Gasteiger partial charge in [0.05, 0.1) is 0 Å². The van der Waals surface area contributed by atoms with Gasteiger partial charge in [0.15, 0.2) is 0 Å². The predicted molar refractivity (Wildman–Crippen MR) is 78.7 cm³/mol. The molecule has 0 spiro atoms. The molecule has 3 nitrogen and oxygen atoms in total. The summed E-state index contributed by atoms with van der Waals surface area (Å²) in [7, 11) is 0. The number of carbonyl (C=O) groups excluding carboxylic acids is 1. The van der Waals surface area contributed by atoms with Crippen LogP contribution in [0.5, 0.6) is 0 Å². The Hall–Kier alpha value is -0.830. The lowest BCUT2D eigenvalue weighted by Gasteiger charge is -2.29. The molecule has 0 saturated heterocycles. The zero-order chi connectivity index (χ0) is 13.5. The van der Waals surface area contributed by atoms with E-state index in [-0.39, 0.29) is 11.8 Å². The van der Waals surface area contributed by atoms with Crippen molar-refractivity contribution in [2.45, 2.75) is 57.8 Å². The van der Waals surface area contributed by atoms with E-state index in [1.54, 1.807) is 0 Å². The first-order chi connectivity index (χ1) is 9.31. The lowest BCUT2D eigenvalue weighted by molar-refractivity contribution is -0.127. The van der Waals surface area contributed by atoms with Crippen molar-refractivity contribution in [3.8, 4) is 0 Å². The highest BCUT2D eigenvalue weighted by Crippen LogP contribution is 2.29. The van der Waals surface area contributed by atoms with Gasteiger partial charge >= 0.3 is 0 Å². The molecule has 3 heteroatoms. The van der Waals surface area contributed by atoms with Gasteiger partial charge in [0.25, 0.3) is 0 Å². The molecule has 1 amide bonds. The molecule has 2 atom stereocenters. The Bertz CT molecular complexity index is 325. The molecule has 108 valence electrons. The van der Waals surface area contributed by atoms with Gasteiger partial charge in [-0.1, -0.05) is 24.5 Å². The molecule has 2 rings (SSSR count). The van der Waals surface area contributed by atoms with Gasteiger partial charge in [0.1, 0.15) is 0 Å². The van der Waals surface area contributed by atoms with Crippen molar-refractivity contribution >= 4 is 5.91 Å². The number of allylic oxidation sites excluding steroid dienone is 1. The molecule has 19 heavy (non-hydrogen) atoms. The maximum atomic E-state index is 12.2. The third-order valence-corrected chi connectivity index (χ3v) is 4.68. The van der Waals surface area contributed by atoms with Gasteiger partial charge in [-0.05, 0) is 57.4 Å². The number of hydrogen-bond donors (Lipinski definition) is 2. The van der Waals surface area contributed by atoms with Crippen molar-refractivity contribution in [1.29, 1.82) is 0 Å². The van der Waals surface area contributed by atoms with Crippen molar-refractivity contribution in [2.75, 3.05) is 13.1 Å². The van der Waals surface area contributed by atoms with Crippen molar-refractivity contribution in [2.24, 2.45) is 17.6 Å². The largest absolute Gasteiger partial charge is 0.356 e. The first-order valence-corrected chi connectivity index (χ1v) is 7.97. The van der Waals surface area contributed by atoms with Crippen LogP contribution in [0.4, 0.5) is 0 Å². The van der Waals surface area contributed by atoms with Crippen molar-refractivity contribution in [3.63, 3.8) is 0 Å². The normalized spacial score (nSPS) is 27.7. The highest BCUT2D eigenvalue weighted by atomic mass is 16.1. The standard InChI is InChI=1S/C16H28N2O/c17-12-14-8-4-5-9-15(14)16(19)18-11-10-13-6-2-1-3-7-13/h6,14-15H,1-5,7-12,17H2,(H,18,19). The van der Waals surface area contributed by atoms with Crippen LogP contribution in [-0.2, 0) is 4.79 Å². The van der Waals surface area contributed by atoms with Crippen LogP contribution in [0.15, 0.2) is 11.6 Å². The summed E-state index contributed by atoms with van der Waals surface area (Å²) < 4.78 is 0. The van der Waals surface area contributed by atoms with Crippen LogP contribution in [-0.4, -0.2) is 19.0 Å². The van der Waals surface area contributed by atoms with Gasteiger partial charge in [0, 0.05) is 12.5 Å². The monoisotopic (exact) mass is 264 g/mol. The summed E-state index contributed by atoms with van der Waals surface area (Å²) in [6, 6.07) is 0. The summed E-state index contributed by atoms with van der Waals surface area (Å²) in [5.41, 5.74) is 7.32. The first kappa shape index (κ1) is 14.6. The molecule has 0 aromatic rings. The molecule has 0 aliphatic heterocycles. The lowest BCUT2D eigenvalue weighted by atomic mass is 9.78. The summed E-state index contributed by atoms with van der Waals surface area (Å²) >= 11 is 0. The molecule has 1 fully saturated rings. The average molecular weight is 264 g/mol. The van der Waals surface area contributed by atoms with E-state index in [1.807, 2.05) is 0 Å². The Labute approximate surface area is 117 Å². The van der Waals surface area contributed by atoms with E-state index in [0.717, 1.165) is 25.8 Å². The highest BCUT2D eigenvalue weighted by Gasteiger charge is 2.29. The number of rotatable bonds is 5. The summed E-state index contributed by atoms with van der Waals surface area (Å²) in [6.07, 6.45) is 13.1. The molecular formula is C16H28N2O. The fraction of sp³-hybridized carbons (Fsp3) is 0.812. The van der Waals surface area contributed by atoms with Crippen LogP contribution in [0.2, 0.25) is 0 Å². The third kappa shape index (κ3) is 4.34. The van der Waals surface area contributed by atoms with Gasteiger partial charge in [-0.25, -0.2) is 0 Å². The molecule has 0 radical (unpaired) electrons. The second-order valence-electron chi connectivity index (χ2n) is 6.04. The van der Waals surface area contributed by atoms with Crippen molar-refractivity contribution in [1.82, 2.24) is 5.32 Å². The minimum absolute atomic E-state index is 0.166. The van der Waals surface area contributed by atoms with Gasteiger partial charge in [-0.3, -0.25) is 4.79 Å². The molecule has 0 aromatic heterocycles. The Kier molecular flexibility index (Phi) is 5.90. The van der Waals surface area contributed by atoms with E-state index >= 15 is 0 Å². The molecule has 2 unspecified atom stereocenters. The summed E-state index contributed by atoms with van der Waals surface area (Å²) in [5, 5.41) is 3.13. The van der Waals surface area contributed by atoms with E-state index in [4.69, 9.17) is 5.73 Å². The van der Waals surface area contributed by atoms with E-state index in [2.05, 4.69) is 11.4 Å². The zero-order valence-corrected chi connectivity index (χ0v) is 12.0. The number of hydrogen-bond acceptors (Lipinski definition) is 2. The first-order valence-electron chi connectivity index (χ1n) is 7.97. The Morgan fingerprint density at radius 2 is 2.11 bits per heavy atom. The molecule has 2 aliphatic carbocycles. The Balaban J connectivity index is 1.72. The summed E-state index contributed by atoms with van der Waals surface area (Å²) in [4.78, 5) is 12.2. The Morgan fingerprint density at radius 3 is 2.84 bits per heavy atom. The summed E-state index contributed by atoms with van der Waals surface area (Å²) in [6.45, 7) is 1.46. The molecule has 1 saturated carbocycles. The number of nitrogens with two attached hydrogens (primary N) is 1. The van der Waals surface area contributed by atoms with Gasteiger partial charge < -0.3 is 11.1 Å².